The Morgan fingerprint density at radius 1 is 1.29 bits per heavy atom. The van der Waals surface area contributed by atoms with Crippen LogP contribution in [0.15, 0.2) is 6.20 Å². The highest BCUT2D eigenvalue weighted by molar-refractivity contribution is 7.16. The summed E-state index contributed by atoms with van der Waals surface area (Å²) in [4.78, 5) is 15.8. The molecular formula is C12H20N2O2S. The average Bonchev–Trinajstić information content (AvgIpc) is 2.47. The summed E-state index contributed by atoms with van der Waals surface area (Å²) in [6.45, 7) is 11.8. The molecule has 0 unspecified atom stereocenters. The van der Waals surface area contributed by atoms with Gasteiger partial charge >= 0.3 is 6.09 Å². The first-order chi connectivity index (χ1) is 7.58. The number of hydrogen-bond acceptors (Lipinski definition) is 4. The van der Waals surface area contributed by atoms with Gasteiger partial charge in [0, 0.05) is 5.41 Å². The Labute approximate surface area is 106 Å². The van der Waals surface area contributed by atoms with E-state index in [0.29, 0.717) is 5.00 Å². The van der Waals surface area contributed by atoms with Gasteiger partial charge in [-0.3, -0.25) is 5.32 Å². The lowest BCUT2D eigenvalue weighted by atomic mass is 9.98. The van der Waals surface area contributed by atoms with Crippen molar-refractivity contribution < 1.29 is 9.53 Å². The first-order valence-electron chi connectivity index (χ1n) is 5.54. The van der Waals surface area contributed by atoms with Crippen molar-refractivity contribution in [2.75, 3.05) is 5.32 Å². The molecule has 0 radical (unpaired) electrons. The Morgan fingerprint density at radius 2 is 1.88 bits per heavy atom. The van der Waals surface area contributed by atoms with Gasteiger partial charge in [0.15, 0.2) is 0 Å². The fraction of sp³-hybridized carbons (Fsp3) is 0.667. The predicted molar refractivity (Wildman–Crippen MR) is 70.7 cm³/mol. The predicted octanol–water partition coefficient (Wildman–Crippen LogP) is 3.79. The van der Waals surface area contributed by atoms with Gasteiger partial charge in [-0.1, -0.05) is 20.8 Å². The molecule has 1 amide bonds. The zero-order valence-electron chi connectivity index (χ0n) is 11.2. The van der Waals surface area contributed by atoms with Crippen LogP contribution in [-0.2, 0) is 10.2 Å². The van der Waals surface area contributed by atoms with E-state index in [4.69, 9.17) is 4.74 Å². The summed E-state index contributed by atoms with van der Waals surface area (Å²) in [6.07, 6.45) is 1.22. The molecule has 0 fully saturated rings. The van der Waals surface area contributed by atoms with E-state index in [1.807, 2.05) is 20.8 Å². The lowest BCUT2D eigenvalue weighted by Crippen LogP contribution is -2.26. The van der Waals surface area contributed by atoms with Crippen LogP contribution in [0.3, 0.4) is 0 Å². The number of anilines is 1. The van der Waals surface area contributed by atoms with Crippen molar-refractivity contribution in [2.45, 2.75) is 52.6 Å². The minimum Gasteiger partial charge on any atom is -0.444 e. The molecule has 0 saturated heterocycles. The number of thiazole rings is 1. The number of nitrogens with one attached hydrogen (secondary N) is 1. The van der Waals surface area contributed by atoms with Gasteiger partial charge in [-0.2, -0.15) is 0 Å². The van der Waals surface area contributed by atoms with E-state index in [1.54, 1.807) is 6.20 Å². The molecule has 1 heterocycles. The topological polar surface area (TPSA) is 51.2 Å². The number of hydrogen-bond donors (Lipinski definition) is 1. The molecule has 0 aliphatic carbocycles. The van der Waals surface area contributed by atoms with Crippen molar-refractivity contribution in [1.29, 1.82) is 0 Å². The van der Waals surface area contributed by atoms with Crippen LogP contribution in [0.1, 0.15) is 46.6 Å². The highest BCUT2D eigenvalue weighted by Crippen LogP contribution is 2.29. The maximum atomic E-state index is 11.5. The van der Waals surface area contributed by atoms with Gasteiger partial charge in [-0.15, -0.1) is 11.3 Å². The number of ether oxygens (including phenoxy) is 1. The molecule has 1 N–H and O–H groups in total. The van der Waals surface area contributed by atoms with Crippen molar-refractivity contribution >= 4 is 22.4 Å². The first kappa shape index (κ1) is 14.0. The summed E-state index contributed by atoms with van der Waals surface area (Å²) in [6, 6.07) is 0. The molecule has 17 heavy (non-hydrogen) atoms. The van der Waals surface area contributed by atoms with Crippen LogP contribution in [0.25, 0.3) is 0 Å². The number of rotatable bonds is 1. The van der Waals surface area contributed by atoms with Crippen LogP contribution >= 0.6 is 11.3 Å². The SMILES string of the molecule is CC(C)(C)OC(=O)Nc1cnc(C(C)(C)C)s1. The van der Waals surface area contributed by atoms with Crippen LogP contribution in [-0.4, -0.2) is 16.7 Å². The van der Waals surface area contributed by atoms with E-state index in [9.17, 15) is 4.79 Å². The fourth-order valence-electron chi connectivity index (χ4n) is 1.08. The van der Waals surface area contributed by atoms with Crippen LogP contribution in [0.4, 0.5) is 9.80 Å². The van der Waals surface area contributed by atoms with Gasteiger partial charge in [0.25, 0.3) is 0 Å². The molecule has 0 atom stereocenters. The first-order valence-corrected chi connectivity index (χ1v) is 6.36. The van der Waals surface area contributed by atoms with E-state index in [1.165, 1.54) is 11.3 Å². The fourth-order valence-corrected chi connectivity index (χ4v) is 1.94. The molecular weight excluding hydrogens is 236 g/mol. The summed E-state index contributed by atoms with van der Waals surface area (Å²) in [5.74, 6) is 0. The molecule has 0 saturated carbocycles. The summed E-state index contributed by atoms with van der Waals surface area (Å²) in [7, 11) is 0. The van der Waals surface area contributed by atoms with Crippen molar-refractivity contribution in [3.05, 3.63) is 11.2 Å². The Bertz CT molecular complexity index is 399. The normalized spacial score (nSPS) is 12.4. The summed E-state index contributed by atoms with van der Waals surface area (Å²) in [5, 5.41) is 4.39. The standard InChI is InChI=1S/C12H20N2O2S/c1-11(2,3)9-13-7-8(17-9)14-10(15)16-12(4,5)6/h7H,1-6H3,(H,14,15). The lowest BCUT2D eigenvalue weighted by Gasteiger charge is -2.19. The van der Waals surface area contributed by atoms with Gasteiger partial charge in [-0.05, 0) is 20.8 Å². The smallest absolute Gasteiger partial charge is 0.412 e. The summed E-state index contributed by atoms with van der Waals surface area (Å²) in [5.41, 5.74) is -0.486. The van der Waals surface area contributed by atoms with Crippen LogP contribution in [0.5, 0.6) is 0 Å². The molecule has 0 aliphatic heterocycles. The van der Waals surface area contributed by atoms with Crippen LogP contribution in [0, 0.1) is 0 Å². The lowest BCUT2D eigenvalue weighted by molar-refractivity contribution is 0.0636. The molecule has 0 aliphatic rings. The van der Waals surface area contributed by atoms with Gasteiger partial charge in [-0.25, -0.2) is 9.78 Å². The largest absolute Gasteiger partial charge is 0.444 e. The van der Waals surface area contributed by atoms with Crippen LogP contribution < -0.4 is 5.32 Å². The number of carbonyl (C=O) groups excluding carboxylic acids is 1. The molecule has 1 rings (SSSR count). The summed E-state index contributed by atoms with van der Waals surface area (Å²) >= 11 is 1.47. The second kappa shape index (κ2) is 4.64. The average molecular weight is 256 g/mol. The maximum Gasteiger partial charge on any atom is 0.412 e. The number of nitrogens with zero attached hydrogens (tertiary/aromatic N) is 1. The third-order valence-corrected chi connectivity index (χ3v) is 3.11. The molecule has 0 spiro atoms. The minimum absolute atomic E-state index is 0.00146. The van der Waals surface area contributed by atoms with Crippen molar-refractivity contribution in [2.24, 2.45) is 0 Å². The zero-order chi connectivity index (χ0) is 13.3. The number of amides is 1. The highest BCUT2D eigenvalue weighted by Gasteiger charge is 2.20. The maximum absolute atomic E-state index is 11.5. The Balaban J connectivity index is 2.65. The molecule has 4 nitrogen and oxygen atoms in total. The highest BCUT2D eigenvalue weighted by atomic mass is 32.1. The van der Waals surface area contributed by atoms with Gasteiger partial charge in [0.2, 0.25) is 0 Å². The Hall–Kier alpha value is -1.10. The van der Waals surface area contributed by atoms with Crippen molar-refractivity contribution in [3.63, 3.8) is 0 Å². The third kappa shape index (κ3) is 4.73. The molecule has 0 bridgehead atoms. The van der Waals surface area contributed by atoms with E-state index in [2.05, 4.69) is 31.1 Å². The van der Waals surface area contributed by atoms with Crippen molar-refractivity contribution in [3.8, 4) is 0 Å². The minimum atomic E-state index is -0.484. The number of carbonyl (C=O) groups is 1. The monoisotopic (exact) mass is 256 g/mol. The molecule has 5 heteroatoms. The molecule has 1 aromatic heterocycles. The van der Waals surface area contributed by atoms with Gasteiger partial charge in [0.05, 0.1) is 11.2 Å². The van der Waals surface area contributed by atoms with E-state index in [-0.39, 0.29) is 5.41 Å². The van der Waals surface area contributed by atoms with Crippen molar-refractivity contribution in [1.82, 2.24) is 4.98 Å². The van der Waals surface area contributed by atoms with Crippen LogP contribution in [0.2, 0.25) is 0 Å². The quantitative estimate of drug-likeness (QED) is 0.831. The molecule has 1 aromatic rings. The zero-order valence-corrected chi connectivity index (χ0v) is 12.1. The third-order valence-electron chi connectivity index (χ3n) is 1.77. The Kier molecular flexibility index (Phi) is 3.81. The number of aromatic nitrogens is 1. The van der Waals surface area contributed by atoms with E-state index >= 15 is 0 Å². The molecule has 96 valence electrons. The Morgan fingerprint density at radius 3 is 2.29 bits per heavy atom. The van der Waals surface area contributed by atoms with E-state index in [0.717, 1.165) is 5.01 Å². The molecule has 0 aromatic carbocycles. The van der Waals surface area contributed by atoms with Gasteiger partial charge < -0.3 is 4.74 Å². The summed E-state index contributed by atoms with van der Waals surface area (Å²) < 4.78 is 5.17. The van der Waals surface area contributed by atoms with E-state index < -0.39 is 11.7 Å². The second-order valence-electron chi connectivity index (χ2n) is 5.91. The van der Waals surface area contributed by atoms with Gasteiger partial charge in [0.1, 0.15) is 10.6 Å². The second-order valence-corrected chi connectivity index (χ2v) is 6.94.